The van der Waals surface area contributed by atoms with E-state index in [0.29, 0.717) is 4.75 Å². The Morgan fingerprint density at radius 2 is 2.27 bits per heavy atom. The van der Waals surface area contributed by atoms with Crippen LogP contribution in [0.25, 0.3) is 0 Å². The molecule has 2 fully saturated rings. The molecule has 2 rings (SSSR count). The van der Waals surface area contributed by atoms with Crippen LogP contribution in [0.15, 0.2) is 0 Å². The molecule has 0 bridgehead atoms. The van der Waals surface area contributed by atoms with E-state index in [1.54, 1.807) is 0 Å². The normalized spacial score (nSPS) is 32.8. The van der Waals surface area contributed by atoms with Gasteiger partial charge in [0.15, 0.2) is 0 Å². The number of rotatable bonds is 2. The maximum atomic E-state index is 3.60. The first kappa shape index (κ1) is 11.7. The van der Waals surface area contributed by atoms with Crippen LogP contribution in [0.2, 0.25) is 0 Å². The van der Waals surface area contributed by atoms with Crippen molar-refractivity contribution in [2.45, 2.75) is 43.9 Å². The second kappa shape index (κ2) is 5.07. The zero-order chi connectivity index (χ0) is 10.7. The Morgan fingerprint density at radius 1 is 1.40 bits per heavy atom. The summed E-state index contributed by atoms with van der Waals surface area (Å²) in [5, 5.41) is 3.60. The van der Waals surface area contributed by atoms with E-state index in [1.165, 1.54) is 51.2 Å². The summed E-state index contributed by atoms with van der Waals surface area (Å²) in [6.07, 6.45) is 4.09. The van der Waals surface area contributed by atoms with E-state index in [4.69, 9.17) is 0 Å². The van der Waals surface area contributed by atoms with Gasteiger partial charge in [-0.1, -0.05) is 13.8 Å². The van der Waals surface area contributed by atoms with Gasteiger partial charge in [0.25, 0.3) is 0 Å². The van der Waals surface area contributed by atoms with Crippen molar-refractivity contribution in [2.75, 3.05) is 31.9 Å². The molecule has 2 nitrogen and oxygen atoms in total. The van der Waals surface area contributed by atoms with Gasteiger partial charge in [-0.15, -0.1) is 0 Å². The molecule has 1 atom stereocenters. The van der Waals surface area contributed by atoms with Gasteiger partial charge in [0.05, 0.1) is 0 Å². The maximum Gasteiger partial charge on any atom is 0.0195 e. The highest BCUT2D eigenvalue weighted by Gasteiger charge is 2.25. The van der Waals surface area contributed by atoms with Crippen LogP contribution in [-0.2, 0) is 0 Å². The number of hydrogen-bond acceptors (Lipinski definition) is 3. The highest BCUT2D eigenvalue weighted by Crippen LogP contribution is 2.30. The second-order valence-corrected chi connectivity index (χ2v) is 7.25. The number of nitrogens with zero attached hydrogens (tertiary/aromatic N) is 1. The van der Waals surface area contributed by atoms with Crippen molar-refractivity contribution in [3.05, 3.63) is 0 Å². The van der Waals surface area contributed by atoms with Gasteiger partial charge in [0.2, 0.25) is 0 Å². The summed E-state index contributed by atoms with van der Waals surface area (Å²) in [5.74, 6) is 1.31. The number of hydrogen-bond donors (Lipinski definition) is 1. The third kappa shape index (κ3) is 3.65. The summed E-state index contributed by atoms with van der Waals surface area (Å²) >= 11 is 2.14. The first-order chi connectivity index (χ1) is 7.16. The first-order valence-electron chi connectivity index (χ1n) is 6.25. The van der Waals surface area contributed by atoms with E-state index in [0.717, 1.165) is 6.04 Å². The average Bonchev–Trinajstić information content (AvgIpc) is 2.60. The highest BCUT2D eigenvalue weighted by molar-refractivity contribution is 8.00. The third-order valence-electron chi connectivity index (χ3n) is 3.57. The Bertz CT molecular complexity index is 200. The molecule has 0 unspecified atom stereocenters. The van der Waals surface area contributed by atoms with Crippen LogP contribution < -0.4 is 5.32 Å². The maximum absolute atomic E-state index is 3.60. The zero-order valence-corrected chi connectivity index (χ0v) is 10.9. The Morgan fingerprint density at radius 3 is 3.00 bits per heavy atom. The molecule has 15 heavy (non-hydrogen) atoms. The highest BCUT2D eigenvalue weighted by atomic mass is 32.2. The molecule has 0 spiro atoms. The lowest BCUT2D eigenvalue weighted by Crippen LogP contribution is -2.38. The lowest BCUT2D eigenvalue weighted by Gasteiger charge is -2.24. The standard InChI is InChI=1S/C12H24N2S/c1-12(2)5-7-14(8-9-15-12)10-11-4-3-6-13-11/h11,13H,3-10H2,1-2H3/t11-/m0/s1. The van der Waals surface area contributed by atoms with Crippen molar-refractivity contribution in [2.24, 2.45) is 0 Å². The van der Waals surface area contributed by atoms with Crippen LogP contribution in [0.4, 0.5) is 0 Å². The van der Waals surface area contributed by atoms with Gasteiger partial charge in [-0.25, -0.2) is 0 Å². The molecule has 2 saturated heterocycles. The van der Waals surface area contributed by atoms with Crippen LogP contribution in [0.5, 0.6) is 0 Å². The van der Waals surface area contributed by atoms with Gasteiger partial charge in [-0.2, -0.15) is 11.8 Å². The summed E-state index contributed by atoms with van der Waals surface area (Å²) < 4.78 is 0.498. The molecular formula is C12H24N2S. The summed E-state index contributed by atoms with van der Waals surface area (Å²) in [4.78, 5) is 2.66. The van der Waals surface area contributed by atoms with Crippen LogP contribution in [0.1, 0.15) is 33.1 Å². The molecule has 3 heteroatoms. The van der Waals surface area contributed by atoms with Crippen LogP contribution in [0.3, 0.4) is 0 Å². The van der Waals surface area contributed by atoms with Gasteiger partial charge in [0.1, 0.15) is 0 Å². The van der Waals surface area contributed by atoms with E-state index in [-0.39, 0.29) is 0 Å². The van der Waals surface area contributed by atoms with Crippen molar-refractivity contribution < 1.29 is 0 Å². The van der Waals surface area contributed by atoms with Crippen molar-refractivity contribution in [3.8, 4) is 0 Å². The van der Waals surface area contributed by atoms with Gasteiger partial charge in [-0.3, -0.25) is 0 Å². The Balaban J connectivity index is 1.78. The summed E-state index contributed by atoms with van der Waals surface area (Å²) in [7, 11) is 0. The molecule has 88 valence electrons. The van der Waals surface area contributed by atoms with E-state index in [2.05, 4.69) is 35.8 Å². The van der Waals surface area contributed by atoms with Crippen LogP contribution in [-0.4, -0.2) is 47.6 Å². The van der Waals surface area contributed by atoms with Crippen molar-refractivity contribution in [1.82, 2.24) is 10.2 Å². The molecule has 2 heterocycles. The van der Waals surface area contributed by atoms with E-state index in [9.17, 15) is 0 Å². The van der Waals surface area contributed by atoms with Crippen molar-refractivity contribution in [1.29, 1.82) is 0 Å². The van der Waals surface area contributed by atoms with Crippen LogP contribution >= 0.6 is 11.8 Å². The van der Waals surface area contributed by atoms with E-state index >= 15 is 0 Å². The zero-order valence-electron chi connectivity index (χ0n) is 10.1. The summed E-state index contributed by atoms with van der Waals surface area (Å²) in [6, 6.07) is 0.774. The lowest BCUT2D eigenvalue weighted by molar-refractivity contribution is 0.258. The van der Waals surface area contributed by atoms with Gasteiger partial charge in [0, 0.05) is 29.6 Å². The van der Waals surface area contributed by atoms with Crippen LogP contribution in [0, 0.1) is 0 Å². The molecular weight excluding hydrogens is 204 g/mol. The van der Waals surface area contributed by atoms with Crippen molar-refractivity contribution >= 4 is 11.8 Å². The molecule has 1 N–H and O–H groups in total. The smallest absolute Gasteiger partial charge is 0.0195 e. The van der Waals surface area contributed by atoms with Gasteiger partial charge >= 0.3 is 0 Å². The number of thioether (sulfide) groups is 1. The predicted octanol–water partition coefficient (Wildman–Crippen LogP) is 1.96. The minimum atomic E-state index is 0.498. The average molecular weight is 228 g/mol. The molecule has 2 aliphatic rings. The lowest BCUT2D eigenvalue weighted by atomic mass is 10.1. The van der Waals surface area contributed by atoms with Gasteiger partial charge < -0.3 is 10.2 Å². The Hall–Kier alpha value is 0.270. The minimum absolute atomic E-state index is 0.498. The molecule has 0 aliphatic carbocycles. The number of nitrogens with one attached hydrogen (secondary N) is 1. The molecule has 0 radical (unpaired) electrons. The first-order valence-corrected chi connectivity index (χ1v) is 7.24. The Kier molecular flexibility index (Phi) is 3.97. The molecule has 0 aromatic heterocycles. The fourth-order valence-electron chi connectivity index (χ4n) is 2.47. The van der Waals surface area contributed by atoms with E-state index < -0.39 is 0 Å². The molecule has 0 saturated carbocycles. The topological polar surface area (TPSA) is 15.3 Å². The fourth-order valence-corrected chi connectivity index (χ4v) is 3.61. The largest absolute Gasteiger partial charge is 0.313 e. The Labute approximate surface area is 98.2 Å². The molecule has 0 amide bonds. The summed E-state index contributed by atoms with van der Waals surface area (Å²) in [5.41, 5.74) is 0. The summed E-state index contributed by atoms with van der Waals surface area (Å²) in [6.45, 7) is 9.85. The monoisotopic (exact) mass is 228 g/mol. The second-order valence-electron chi connectivity index (χ2n) is 5.45. The van der Waals surface area contributed by atoms with Crippen molar-refractivity contribution in [3.63, 3.8) is 0 Å². The SMILES string of the molecule is CC1(C)CCN(C[C@@H]2CCCN2)CCS1. The molecule has 2 aliphatic heterocycles. The van der Waals surface area contributed by atoms with Gasteiger partial charge in [-0.05, 0) is 32.4 Å². The quantitative estimate of drug-likeness (QED) is 0.778. The molecule has 0 aromatic carbocycles. The minimum Gasteiger partial charge on any atom is -0.313 e. The van der Waals surface area contributed by atoms with E-state index in [1.807, 2.05) is 0 Å². The molecule has 0 aromatic rings. The fraction of sp³-hybridized carbons (Fsp3) is 1.00. The predicted molar refractivity (Wildman–Crippen MR) is 68.6 cm³/mol. The third-order valence-corrected chi connectivity index (χ3v) is 4.94.